The topological polar surface area (TPSA) is 99.5 Å². The normalized spacial score (nSPS) is 10.3. The smallest absolute Gasteiger partial charge is 0.339 e. The molecule has 1 aromatic heterocycles. The zero-order chi connectivity index (χ0) is 18.5. The molecule has 3 N–H and O–H groups in total. The number of aromatic nitrogens is 1. The van der Waals surface area contributed by atoms with Gasteiger partial charge in [0.2, 0.25) is 0 Å². The van der Waals surface area contributed by atoms with Crippen molar-refractivity contribution in [3.8, 4) is 17.0 Å². The molecular weight excluding hydrogens is 332 g/mol. The van der Waals surface area contributed by atoms with Crippen LogP contribution >= 0.6 is 0 Å². The third kappa shape index (κ3) is 3.70. The number of aromatic hydroxyl groups is 1. The van der Waals surface area contributed by atoms with Gasteiger partial charge in [0.05, 0.1) is 5.69 Å². The van der Waals surface area contributed by atoms with Crippen molar-refractivity contribution in [2.45, 2.75) is 6.54 Å². The summed E-state index contributed by atoms with van der Waals surface area (Å²) in [4.78, 5) is 27.7. The van der Waals surface area contributed by atoms with E-state index in [-0.39, 0.29) is 23.8 Å². The van der Waals surface area contributed by atoms with Crippen molar-refractivity contribution in [1.82, 2.24) is 10.3 Å². The number of amides is 1. The summed E-state index contributed by atoms with van der Waals surface area (Å²) in [6, 6.07) is 17.0. The summed E-state index contributed by atoms with van der Waals surface area (Å²) in [5.74, 6) is -1.90. The van der Waals surface area contributed by atoms with Gasteiger partial charge in [0.1, 0.15) is 11.3 Å². The summed E-state index contributed by atoms with van der Waals surface area (Å²) in [5, 5.41) is 21.7. The molecular formula is C20H16N2O4. The maximum atomic E-state index is 12.4. The van der Waals surface area contributed by atoms with Gasteiger partial charge in [0, 0.05) is 29.4 Å². The second-order valence-electron chi connectivity index (χ2n) is 5.60. The van der Waals surface area contributed by atoms with Gasteiger partial charge in [0.15, 0.2) is 0 Å². The molecule has 0 saturated heterocycles. The molecule has 0 saturated carbocycles. The van der Waals surface area contributed by atoms with Gasteiger partial charge >= 0.3 is 5.97 Å². The fourth-order valence-electron chi connectivity index (χ4n) is 2.54. The Bertz CT molecular complexity index is 955. The van der Waals surface area contributed by atoms with E-state index in [1.54, 1.807) is 30.5 Å². The first-order valence-corrected chi connectivity index (χ1v) is 7.90. The highest BCUT2D eigenvalue weighted by Crippen LogP contribution is 2.22. The molecule has 1 heterocycles. The van der Waals surface area contributed by atoms with E-state index >= 15 is 0 Å². The van der Waals surface area contributed by atoms with E-state index in [0.29, 0.717) is 11.1 Å². The summed E-state index contributed by atoms with van der Waals surface area (Å²) >= 11 is 0. The molecule has 130 valence electrons. The molecule has 0 aliphatic heterocycles. The van der Waals surface area contributed by atoms with Crippen LogP contribution in [0.25, 0.3) is 11.3 Å². The van der Waals surface area contributed by atoms with E-state index < -0.39 is 5.97 Å². The molecule has 0 fully saturated rings. The van der Waals surface area contributed by atoms with Crippen molar-refractivity contribution in [2.24, 2.45) is 0 Å². The minimum Gasteiger partial charge on any atom is -0.507 e. The monoisotopic (exact) mass is 348 g/mol. The summed E-state index contributed by atoms with van der Waals surface area (Å²) in [6.07, 6.45) is 1.68. The first-order valence-electron chi connectivity index (χ1n) is 7.90. The lowest BCUT2D eigenvalue weighted by molar-refractivity contribution is 0.0693. The molecule has 0 radical (unpaired) electrons. The van der Waals surface area contributed by atoms with Crippen molar-refractivity contribution < 1.29 is 19.8 Å². The SMILES string of the molecule is O=C(NCc1cccc(C(=O)O)c1O)c1cccc(-c2ccccn2)c1. The van der Waals surface area contributed by atoms with E-state index in [2.05, 4.69) is 10.3 Å². The predicted octanol–water partition coefficient (Wildman–Crippen LogP) is 3.08. The van der Waals surface area contributed by atoms with Crippen LogP contribution in [0.5, 0.6) is 5.75 Å². The molecule has 6 heteroatoms. The number of nitrogens with one attached hydrogen (secondary N) is 1. The van der Waals surface area contributed by atoms with E-state index in [1.165, 1.54) is 12.1 Å². The first kappa shape index (κ1) is 17.2. The van der Waals surface area contributed by atoms with Crippen molar-refractivity contribution in [3.63, 3.8) is 0 Å². The molecule has 6 nitrogen and oxygen atoms in total. The Kier molecular flexibility index (Phi) is 4.94. The van der Waals surface area contributed by atoms with Crippen LogP contribution in [0, 0.1) is 0 Å². The number of hydrogen-bond acceptors (Lipinski definition) is 4. The molecule has 0 spiro atoms. The van der Waals surface area contributed by atoms with Crippen LogP contribution in [0.1, 0.15) is 26.3 Å². The van der Waals surface area contributed by atoms with Gasteiger partial charge < -0.3 is 15.5 Å². The Morgan fingerprint density at radius 1 is 1.00 bits per heavy atom. The highest BCUT2D eigenvalue weighted by atomic mass is 16.4. The third-order valence-corrected chi connectivity index (χ3v) is 3.87. The summed E-state index contributed by atoms with van der Waals surface area (Å²) in [7, 11) is 0. The Morgan fingerprint density at radius 2 is 1.81 bits per heavy atom. The van der Waals surface area contributed by atoms with Gasteiger partial charge in [-0.3, -0.25) is 9.78 Å². The summed E-state index contributed by atoms with van der Waals surface area (Å²) in [5.41, 5.74) is 2.15. The standard InChI is InChI=1S/C20H16N2O4/c23-18-15(7-4-8-16(18)20(25)26)12-22-19(24)14-6-3-5-13(11-14)17-9-1-2-10-21-17/h1-11,23H,12H2,(H,22,24)(H,25,26). The molecule has 3 rings (SSSR count). The van der Waals surface area contributed by atoms with Crippen LogP contribution in [0.15, 0.2) is 66.9 Å². The highest BCUT2D eigenvalue weighted by molar-refractivity contribution is 5.95. The van der Waals surface area contributed by atoms with Crippen LogP contribution < -0.4 is 5.32 Å². The van der Waals surface area contributed by atoms with Gasteiger partial charge in [-0.1, -0.05) is 30.3 Å². The van der Waals surface area contributed by atoms with Crippen LogP contribution in [0.2, 0.25) is 0 Å². The average molecular weight is 348 g/mol. The fourth-order valence-corrected chi connectivity index (χ4v) is 2.54. The average Bonchev–Trinajstić information content (AvgIpc) is 2.67. The summed E-state index contributed by atoms with van der Waals surface area (Å²) < 4.78 is 0. The van der Waals surface area contributed by atoms with Crippen LogP contribution in [-0.4, -0.2) is 27.1 Å². The zero-order valence-electron chi connectivity index (χ0n) is 13.7. The number of rotatable bonds is 5. The lowest BCUT2D eigenvalue weighted by atomic mass is 10.1. The Morgan fingerprint density at radius 3 is 2.54 bits per heavy atom. The predicted molar refractivity (Wildman–Crippen MR) is 95.9 cm³/mol. The van der Waals surface area contributed by atoms with Gasteiger partial charge in [-0.25, -0.2) is 4.79 Å². The Balaban J connectivity index is 1.76. The number of carboxylic acid groups (broad SMARTS) is 1. The zero-order valence-corrected chi connectivity index (χ0v) is 13.7. The molecule has 0 aliphatic carbocycles. The molecule has 2 aromatic carbocycles. The number of nitrogens with zero attached hydrogens (tertiary/aromatic N) is 1. The van der Waals surface area contributed by atoms with Crippen LogP contribution in [0.4, 0.5) is 0 Å². The van der Waals surface area contributed by atoms with E-state index in [4.69, 9.17) is 5.11 Å². The third-order valence-electron chi connectivity index (χ3n) is 3.87. The number of benzene rings is 2. The van der Waals surface area contributed by atoms with Crippen molar-refractivity contribution in [2.75, 3.05) is 0 Å². The first-order chi connectivity index (χ1) is 12.6. The lowest BCUT2D eigenvalue weighted by Crippen LogP contribution is -2.23. The number of carboxylic acids is 1. The number of phenols is 1. The highest BCUT2D eigenvalue weighted by Gasteiger charge is 2.14. The van der Waals surface area contributed by atoms with Gasteiger partial charge in [-0.2, -0.15) is 0 Å². The minimum absolute atomic E-state index is 0.0135. The molecule has 0 aliphatic rings. The Hall–Kier alpha value is -3.67. The Labute approximate surface area is 149 Å². The quantitative estimate of drug-likeness (QED) is 0.658. The second-order valence-corrected chi connectivity index (χ2v) is 5.60. The van der Waals surface area contributed by atoms with Crippen LogP contribution in [-0.2, 0) is 6.54 Å². The van der Waals surface area contributed by atoms with Gasteiger partial charge in [-0.05, 0) is 30.3 Å². The number of hydrogen-bond donors (Lipinski definition) is 3. The van der Waals surface area contributed by atoms with Crippen LogP contribution in [0.3, 0.4) is 0 Å². The number of carbonyl (C=O) groups is 2. The largest absolute Gasteiger partial charge is 0.507 e. The molecule has 0 bridgehead atoms. The number of aromatic carboxylic acids is 1. The molecule has 0 unspecified atom stereocenters. The number of carbonyl (C=O) groups excluding carboxylic acids is 1. The molecule has 3 aromatic rings. The minimum atomic E-state index is -1.22. The van der Waals surface area contributed by atoms with Gasteiger partial charge in [-0.15, -0.1) is 0 Å². The lowest BCUT2D eigenvalue weighted by Gasteiger charge is -2.09. The molecule has 1 amide bonds. The maximum absolute atomic E-state index is 12.4. The van der Waals surface area contributed by atoms with E-state index in [9.17, 15) is 14.7 Å². The van der Waals surface area contributed by atoms with Gasteiger partial charge in [0.25, 0.3) is 5.91 Å². The van der Waals surface area contributed by atoms with Crippen molar-refractivity contribution in [1.29, 1.82) is 0 Å². The van der Waals surface area contributed by atoms with Crippen molar-refractivity contribution in [3.05, 3.63) is 83.6 Å². The number of pyridine rings is 1. The fraction of sp³-hybridized carbons (Fsp3) is 0.0500. The van der Waals surface area contributed by atoms with E-state index in [0.717, 1.165) is 11.3 Å². The number of para-hydroxylation sites is 1. The maximum Gasteiger partial charge on any atom is 0.339 e. The second kappa shape index (κ2) is 7.48. The molecule has 26 heavy (non-hydrogen) atoms. The van der Waals surface area contributed by atoms with E-state index in [1.807, 2.05) is 24.3 Å². The molecule has 0 atom stereocenters. The van der Waals surface area contributed by atoms with Crippen molar-refractivity contribution >= 4 is 11.9 Å². The summed E-state index contributed by atoms with van der Waals surface area (Å²) in [6.45, 7) is 0.0135.